The second-order valence-electron chi connectivity index (χ2n) is 4.74. The molecule has 0 radical (unpaired) electrons. The second-order valence-corrected chi connectivity index (χ2v) is 4.74. The number of anilines is 1. The molecule has 1 heterocycles. The third-order valence-corrected chi connectivity index (χ3v) is 3.05. The lowest BCUT2D eigenvalue weighted by Crippen LogP contribution is -2.33. The Bertz CT molecular complexity index is 384. The maximum Gasteiger partial charge on any atom is 0.270 e. The van der Waals surface area contributed by atoms with Crippen LogP contribution in [0.4, 0.5) is 5.69 Å². The van der Waals surface area contributed by atoms with E-state index in [4.69, 9.17) is 0 Å². The summed E-state index contributed by atoms with van der Waals surface area (Å²) in [6, 6.07) is 3.83. The van der Waals surface area contributed by atoms with Gasteiger partial charge in [0.1, 0.15) is 5.69 Å². The van der Waals surface area contributed by atoms with E-state index in [0.717, 1.165) is 18.0 Å². The van der Waals surface area contributed by atoms with Crippen molar-refractivity contribution in [2.75, 3.05) is 12.4 Å². The lowest BCUT2D eigenvalue weighted by Gasteiger charge is -2.12. The first-order valence-electron chi connectivity index (χ1n) is 6.13. The zero-order chi connectivity index (χ0) is 12.3. The number of aromatic nitrogens is 1. The van der Waals surface area contributed by atoms with Gasteiger partial charge in [-0.3, -0.25) is 4.79 Å². The summed E-state index contributed by atoms with van der Waals surface area (Å²) in [6.07, 6.45) is 5.38. The number of hydrogen-bond acceptors (Lipinski definition) is 3. The number of nitrogens with one attached hydrogen (secondary N) is 2. The first kappa shape index (κ1) is 11.9. The Kier molecular flexibility index (Phi) is 3.61. The molecule has 1 aliphatic carbocycles. The quantitative estimate of drug-likeness (QED) is 0.818. The number of carbonyl (C=O) groups is 1. The average Bonchev–Trinajstić information content (AvgIpc) is 3.12. The Hall–Kier alpha value is -1.58. The van der Waals surface area contributed by atoms with E-state index >= 15 is 0 Å². The largest absolute Gasteiger partial charge is 0.387 e. The summed E-state index contributed by atoms with van der Waals surface area (Å²) in [5.41, 5.74) is 1.39. The molecule has 0 bridgehead atoms. The minimum absolute atomic E-state index is 0.0826. The summed E-state index contributed by atoms with van der Waals surface area (Å²) in [5, 5.41) is 5.96. The van der Waals surface area contributed by atoms with Gasteiger partial charge >= 0.3 is 0 Å². The molecular formula is C13H19N3O. The molecule has 4 heteroatoms. The molecular weight excluding hydrogens is 214 g/mol. The topological polar surface area (TPSA) is 54.0 Å². The molecule has 1 aromatic rings. The van der Waals surface area contributed by atoms with Crippen molar-refractivity contribution in [3.63, 3.8) is 0 Å². The van der Waals surface area contributed by atoms with Gasteiger partial charge in [-0.2, -0.15) is 0 Å². The lowest BCUT2D eigenvalue weighted by atomic mass is 10.1. The average molecular weight is 233 g/mol. The third kappa shape index (κ3) is 3.44. The molecule has 0 aromatic carbocycles. The van der Waals surface area contributed by atoms with Crippen molar-refractivity contribution in [2.45, 2.75) is 32.2 Å². The van der Waals surface area contributed by atoms with Crippen molar-refractivity contribution in [3.05, 3.63) is 24.0 Å². The molecule has 1 aromatic heterocycles. The van der Waals surface area contributed by atoms with E-state index in [1.54, 1.807) is 12.3 Å². The number of rotatable bonds is 5. The number of hydrogen-bond donors (Lipinski definition) is 2. The third-order valence-electron chi connectivity index (χ3n) is 3.05. The Morgan fingerprint density at radius 3 is 2.82 bits per heavy atom. The van der Waals surface area contributed by atoms with Gasteiger partial charge in [0.05, 0.1) is 11.9 Å². The predicted octanol–water partition coefficient (Wildman–Crippen LogP) is 2.04. The molecule has 0 spiro atoms. The number of amides is 1. The van der Waals surface area contributed by atoms with Crippen LogP contribution >= 0.6 is 0 Å². The summed E-state index contributed by atoms with van der Waals surface area (Å²) in [4.78, 5) is 16.0. The summed E-state index contributed by atoms with van der Waals surface area (Å²) >= 11 is 0. The zero-order valence-corrected chi connectivity index (χ0v) is 10.4. The summed E-state index contributed by atoms with van der Waals surface area (Å²) in [7, 11) is 1.83. The highest BCUT2D eigenvalue weighted by atomic mass is 16.1. The SMILES string of the molecule is CNc1ccc(C(=O)NC(C)CC2CC2)nc1. The van der Waals surface area contributed by atoms with Crippen LogP contribution in [0.5, 0.6) is 0 Å². The molecule has 0 aliphatic heterocycles. The lowest BCUT2D eigenvalue weighted by molar-refractivity contribution is 0.0932. The first-order chi connectivity index (χ1) is 8.19. The minimum atomic E-state index is -0.0826. The number of pyridine rings is 1. The molecule has 4 nitrogen and oxygen atoms in total. The van der Waals surface area contributed by atoms with Crippen molar-refractivity contribution >= 4 is 11.6 Å². The Morgan fingerprint density at radius 1 is 1.53 bits per heavy atom. The van der Waals surface area contributed by atoms with E-state index in [-0.39, 0.29) is 11.9 Å². The Balaban J connectivity index is 1.88. The smallest absolute Gasteiger partial charge is 0.270 e. The Labute approximate surface area is 102 Å². The fourth-order valence-electron chi connectivity index (χ4n) is 1.89. The van der Waals surface area contributed by atoms with Crippen LogP contribution in [0.1, 0.15) is 36.7 Å². The van der Waals surface area contributed by atoms with Gasteiger partial charge in [-0.05, 0) is 31.4 Å². The van der Waals surface area contributed by atoms with Crippen molar-refractivity contribution in [3.8, 4) is 0 Å². The molecule has 2 rings (SSSR count). The van der Waals surface area contributed by atoms with Crippen molar-refractivity contribution in [1.29, 1.82) is 0 Å². The van der Waals surface area contributed by atoms with Crippen LogP contribution in [-0.4, -0.2) is 24.0 Å². The molecule has 1 aliphatic rings. The van der Waals surface area contributed by atoms with E-state index in [9.17, 15) is 4.79 Å². The monoisotopic (exact) mass is 233 g/mol. The standard InChI is InChI=1S/C13H19N3O/c1-9(7-10-3-4-10)16-13(17)12-6-5-11(14-2)8-15-12/h5-6,8-10,14H,3-4,7H2,1-2H3,(H,16,17). The molecule has 1 amide bonds. The zero-order valence-electron chi connectivity index (χ0n) is 10.4. The van der Waals surface area contributed by atoms with E-state index < -0.39 is 0 Å². The molecule has 0 saturated heterocycles. The highest BCUT2D eigenvalue weighted by Gasteiger charge is 2.24. The van der Waals surface area contributed by atoms with Crippen molar-refractivity contribution in [2.24, 2.45) is 5.92 Å². The summed E-state index contributed by atoms with van der Waals surface area (Å²) in [6.45, 7) is 2.05. The van der Waals surface area contributed by atoms with Gasteiger partial charge < -0.3 is 10.6 Å². The van der Waals surface area contributed by atoms with Gasteiger partial charge in [0.15, 0.2) is 0 Å². The summed E-state index contributed by atoms with van der Waals surface area (Å²) in [5.74, 6) is 0.741. The fraction of sp³-hybridized carbons (Fsp3) is 0.538. The molecule has 92 valence electrons. The molecule has 1 unspecified atom stereocenters. The first-order valence-corrected chi connectivity index (χ1v) is 6.13. The normalized spacial score (nSPS) is 16.4. The highest BCUT2D eigenvalue weighted by Crippen LogP contribution is 2.33. The van der Waals surface area contributed by atoms with Crippen molar-refractivity contribution < 1.29 is 4.79 Å². The van der Waals surface area contributed by atoms with Gasteiger partial charge in [-0.25, -0.2) is 4.98 Å². The molecule has 1 atom stereocenters. The van der Waals surface area contributed by atoms with E-state index in [2.05, 4.69) is 22.5 Å². The van der Waals surface area contributed by atoms with Gasteiger partial charge in [-0.15, -0.1) is 0 Å². The summed E-state index contributed by atoms with van der Waals surface area (Å²) < 4.78 is 0. The van der Waals surface area contributed by atoms with Crippen LogP contribution in [-0.2, 0) is 0 Å². The molecule has 2 N–H and O–H groups in total. The van der Waals surface area contributed by atoms with Crippen LogP contribution in [0.2, 0.25) is 0 Å². The van der Waals surface area contributed by atoms with Gasteiger partial charge in [0.25, 0.3) is 5.91 Å². The van der Waals surface area contributed by atoms with Crippen LogP contribution in [0.3, 0.4) is 0 Å². The van der Waals surface area contributed by atoms with Crippen LogP contribution < -0.4 is 10.6 Å². The van der Waals surface area contributed by atoms with Crippen LogP contribution in [0.25, 0.3) is 0 Å². The molecule has 1 fully saturated rings. The predicted molar refractivity (Wildman–Crippen MR) is 68.1 cm³/mol. The molecule has 17 heavy (non-hydrogen) atoms. The number of nitrogens with zero attached hydrogens (tertiary/aromatic N) is 1. The fourth-order valence-corrected chi connectivity index (χ4v) is 1.89. The van der Waals surface area contributed by atoms with E-state index in [1.165, 1.54) is 12.8 Å². The van der Waals surface area contributed by atoms with Crippen molar-refractivity contribution in [1.82, 2.24) is 10.3 Å². The maximum atomic E-state index is 11.9. The van der Waals surface area contributed by atoms with Gasteiger partial charge in [0, 0.05) is 13.1 Å². The molecule has 1 saturated carbocycles. The van der Waals surface area contributed by atoms with Gasteiger partial charge in [-0.1, -0.05) is 12.8 Å². The highest BCUT2D eigenvalue weighted by molar-refractivity contribution is 5.92. The van der Waals surface area contributed by atoms with E-state index in [1.807, 2.05) is 13.1 Å². The Morgan fingerprint density at radius 2 is 2.29 bits per heavy atom. The second kappa shape index (κ2) is 5.17. The van der Waals surface area contributed by atoms with Gasteiger partial charge in [0.2, 0.25) is 0 Å². The maximum absolute atomic E-state index is 11.9. The minimum Gasteiger partial charge on any atom is -0.387 e. The van der Waals surface area contributed by atoms with E-state index in [0.29, 0.717) is 5.69 Å². The van der Waals surface area contributed by atoms with Crippen LogP contribution in [0.15, 0.2) is 18.3 Å². The van der Waals surface area contributed by atoms with Crippen LogP contribution in [0, 0.1) is 5.92 Å². The number of carbonyl (C=O) groups excluding carboxylic acids is 1.